The molecule has 0 saturated heterocycles. The van der Waals surface area contributed by atoms with E-state index in [9.17, 15) is 0 Å². The lowest BCUT2D eigenvalue weighted by atomic mass is 10.0. The second kappa shape index (κ2) is 11.9. The number of nitrogens with zero attached hydrogens (tertiary/aromatic N) is 2. The minimum absolute atomic E-state index is 0.904. The smallest absolute Gasteiger partial charge is 0.135 e. The maximum absolute atomic E-state index is 6.15. The van der Waals surface area contributed by atoms with Crippen molar-refractivity contribution in [2.24, 2.45) is 0 Å². The quantitative estimate of drug-likeness (QED) is 0.178. The van der Waals surface area contributed by atoms with Crippen molar-refractivity contribution in [3.05, 3.63) is 194 Å². The third-order valence-electron chi connectivity index (χ3n) is 10.00. The highest BCUT2D eigenvalue weighted by Crippen LogP contribution is 2.39. The van der Waals surface area contributed by atoms with Crippen LogP contribution in [0.4, 0.5) is 17.1 Å². The van der Waals surface area contributed by atoms with Crippen molar-refractivity contribution in [3.8, 4) is 27.9 Å². The zero-order valence-electron chi connectivity index (χ0n) is 27.8. The second-order valence-electron chi connectivity index (χ2n) is 13.0. The zero-order chi connectivity index (χ0) is 33.7. The van der Waals surface area contributed by atoms with Gasteiger partial charge in [0.25, 0.3) is 0 Å². The summed E-state index contributed by atoms with van der Waals surface area (Å²) in [4.78, 5) is 2.31. The number of fused-ring (bicyclic) bond motifs is 6. The first-order valence-electron chi connectivity index (χ1n) is 17.3. The average Bonchev–Trinajstić information content (AvgIpc) is 3.74. The SMILES string of the molecule is c1ccc(-c2ccc(N(c3ccccc3)c3ccc(-c4ccc5c(c4)c4ccccc4n5-c4ccc5oc6ccccc6c5c4)cc3)cc2)cc1. The molecule has 51 heavy (non-hydrogen) atoms. The van der Waals surface area contributed by atoms with Gasteiger partial charge in [-0.25, -0.2) is 0 Å². The van der Waals surface area contributed by atoms with E-state index in [-0.39, 0.29) is 0 Å². The molecule has 8 aromatic carbocycles. The van der Waals surface area contributed by atoms with Gasteiger partial charge in [0.05, 0.1) is 11.0 Å². The fraction of sp³-hybridized carbons (Fsp3) is 0. The first kappa shape index (κ1) is 29.1. The van der Waals surface area contributed by atoms with Crippen molar-refractivity contribution in [2.75, 3.05) is 4.90 Å². The van der Waals surface area contributed by atoms with Gasteiger partial charge in [-0.05, 0) is 101 Å². The molecule has 0 aliphatic carbocycles. The van der Waals surface area contributed by atoms with Crippen molar-refractivity contribution < 1.29 is 4.42 Å². The van der Waals surface area contributed by atoms with E-state index in [0.717, 1.165) is 44.7 Å². The predicted molar refractivity (Wildman–Crippen MR) is 214 cm³/mol. The van der Waals surface area contributed by atoms with Crippen LogP contribution in [0.1, 0.15) is 0 Å². The van der Waals surface area contributed by atoms with Crippen LogP contribution in [0.3, 0.4) is 0 Å². The van der Waals surface area contributed by atoms with E-state index in [1.165, 1.54) is 44.1 Å². The number of hydrogen-bond acceptors (Lipinski definition) is 2. The number of anilines is 3. The van der Waals surface area contributed by atoms with E-state index in [2.05, 4.69) is 191 Å². The number of aromatic nitrogens is 1. The van der Waals surface area contributed by atoms with Crippen LogP contribution in [-0.2, 0) is 0 Å². The van der Waals surface area contributed by atoms with Crippen LogP contribution in [0.5, 0.6) is 0 Å². The molecule has 0 aliphatic heterocycles. The zero-order valence-corrected chi connectivity index (χ0v) is 27.8. The van der Waals surface area contributed by atoms with E-state index in [1.54, 1.807) is 0 Å². The Morgan fingerprint density at radius 1 is 0.333 bits per heavy atom. The summed E-state index contributed by atoms with van der Waals surface area (Å²) >= 11 is 0. The third-order valence-corrected chi connectivity index (χ3v) is 10.00. The molecule has 2 heterocycles. The molecule has 2 aromatic heterocycles. The first-order valence-corrected chi connectivity index (χ1v) is 17.3. The van der Waals surface area contributed by atoms with Gasteiger partial charge in [-0.15, -0.1) is 0 Å². The third kappa shape index (κ3) is 4.98. The normalized spacial score (nSPS) is 11.5. The van der Waals surface area contributed by atoms with Gasteiger partial charge in [-0.1, -0.05) is 115 Å². The highest BCUT2D eigenvalue weighted by atomic mass is 16.3. The lowest BCUT2D eigenvalue weighted by molar-refractivity contribution is 0.669. The molecular formula is C48H32N2O. The van der Waals surface area contributed by atoms with Crippen LogP contribution >= 0.6 is 0 Å². The van der Waals surface area contributed by atoms with Gasteiger partial charge in [0.1, 0.15) is 11.2 Å². The Morgan fingerprint density at radius 2 is 0.863 bits per heavy atom. The maximum Gasteiger partial charge on any atom is 0.135 e. The monoisotopic (exact) mass is 652 g/mol. The Morgan fingerprint density at radius 3 is 1.61 bits per heavy atom. The first-order chi connectivity index (χ1) is 25.3. The molecule has 0 spiro atoms. The Kier molecular flexibility index (Phi) is 6.81. The molecule has 0 bridgehead atoms. The summed E-state index contributed by atoms with van der Waals surface area (Å²) in [5.41, 5.74) is 13.4. The largest absolute Gasteiger partial charge is 0.456 e. The number of para-hydroxylation sites is 3. The molecule has 10 rings (SSSR count). The lowest BCUT2D eigenvalue weighted by Gasteiger charge is -2.26. The predicted octanol–water partition coefficient (Wildman–Crippen LogP) is 13.5. The maximum atomic E-state index is 6.15. The molecule has 0 saturated carbocycles. The summed E-state index contributed by atoms with van der Waals surface area (Å²) < 4.78 is 8.52. The van der Waals surface area contributed by atoms with Crippen LogP contribution in [0.2, 0.25) is 0 Å². The fourth-order valence-electron chi connectivity index (χ4n) is 7.54. The Labute approximate surface area is 295 Å². The molecule has 3 heteroatoms. The Balaban J connectivity index is 1.04. The van der Waals surface area contributed by atoms with Crippen LogP contribution < -0.4 is 4.90 Å². The number of hydrogen-bond donors (Lipinski definition) is 0. The standard InChI is InChI=1S/C48H32N2O/c1-3-11-33(12-4-1)34-19-24-38(25-20-34)49(37-13-5-2-6-14-37)39-26-21-35(22-27-39)36-23-29-46-43(31-36)41-15-7-9-17-45(41)50(46)40-28-30-48-44(32-40)42-16-8-10-18-47(42)51-48/h1-32H. The van der Waals surface area contributed by atoms with Crippen LogP contribution in [0.15, 0.2) is 199 Å². The molecular weight excluding hydrogens is 621 g/mol. The van der Waals surface area contributed by atoms with Gasteiger partial charge in [0, 0.05) is 44.3 Å². The van der Waals surface area contributed by atoms with E-state index < -0.39 is 0 Å². The number of furan rings is 1. The molecule has 3 nitrogen and oxygen atoms in total. The highest BCUT2D eigenvalue weighted by molar-refractivity contribution is 6.11. The van der Waals surface area contributed by atoms with Crippen LogP contribution in [0.25, 0.3) is 71.7 Å². The Hall–Kier alpha value is -6.84. The van der Waals surface area contributed by atoms with Crippen LogP contribution in [0, 0.1) is 0 Å². The molecule has 0 radical (unpaired) electrons. The molecule has 0 N–H and O–H groups in total. The minimum Gasteiger partial charge on any atom is -0.456 e. The van der Waals surface area contributed by atoms with Crippen LogP contribution in [-0.4, -0.2) is 4.57 Å². The summed E-state index contributed by atoms with van der Waals surface area (Å²) in [5.74, 6) is 0. The summed E-state index contributed by atoms with van der Waals surface area (Å²) in [5, 5.41) is 4.73. The van der Waals surface area contributed by atoms with Gasteiger partial charge in [-0.3, -0.25) is 0 Å². The van der Waals surface area contributed by atoms with Crippen molar-refractivity contribution in [1.29, 1.82) is 0 Å². The van der Waals surface area contributed by atoms with Gasteiger partial charge < -0.3 is 13.9 Å². The summed E-state index contributed by atoms with van der Waals surface area (Å²) in [6.45, 7) is 0. The summed E-state index contributed by atoms with van der Waals surface area (Å²) in [7, 11) is 0. The molecule has 240 valence electrons. The summed E-state index contributed by atoms with van der Waals surface area (Å²) in [6, 6.07) is 69.2. The number of benzene rings is 8. The van der Waals surface area contributed by atoms with Gasteiger partial charge >= 0.3 is 0 Å². The highest BCUT2D eigenvalue weighted by Gasteiger charge is 2.16. The minimum atomic E-state index is 0.904. The van der Waals surface area contributed by atoms with Crippen molar-refractivity contribution in [2.45, 2.75) is 0 Å². The van der Waals surface area contributed by atoms with E-state index in [4.69, 9.17) is 4.42 Å². The number of rotatable bonds is 6. The molecule has 0 unspecified atom stereocenters. The fourth-order valence-corrected chi connectivity index (χ4v) is 7.54. The van der Waals surface area contributed by atoms with Gasteiger partial charge in [0.15, 0.2) is 0 Å². The molecule has 0 aliphatic rings. The van der Waals surface area contributed by atoms with E-state index in [0.29, 0.717) is 0 Å². The van der Waals surface area contributed by atoms with Gasteiger partial charge in [-0.2, -0.15) is 0 Å². The van der Waals surface area contributed by atoms with Crippen molar-refractivity contribution in [1.82, 2.24) is 4.57 Å². The van der Waals surface area contributed by atoms with Crippen molar-refractivity contribution >= 4 is 60.8 Å². The molecule has 0 fully saturated rings. The molecule has 0 amide bonds. The second-order valence-corrected chi connectivity index (χ2v) is 13.0. The average molecular weight is 653 g/mol. The summed E-state index contributed by atoms with van der Waals surface area (Å²) in [6.07, 6.45) is 0. The van der Waals surface area contributed by atoms with E-state index >= 15 is 0 Å². The van der Waals surface area contributed by atoms with E-state index in [1.807, 2.05) is 12.1 Å². The lowest BCUT2D eigenvalue weighted by Crippen LogP contribution is -2.09. The molecule has 10 aromatic rings. The van der Waals surface area contributed by atoms with Gasteiger partial charge in [0.2, 0.25) is 0 Å². The van der Waals surface area contributed by atoms with Crippen molar-refractivity contribution in [3.63, 3.8) is 0 Å². The topological polar surface area (TPSA) is 21.3 Å². The molecule has 0 atom stereocenters. The Bertz CT molecular complexity index is 2830.